The van der Waals surface area contributed by atoms with Gasteiger partial charge in [-0.1, -0.05) is 26.0 Å². The highest BCUT2D eigenvalue weighted by Crippen LogP contribution is 2.72. The Kier molecular flexibility index (Phi) is 3.18. The van der Waals surface area contributed by atoms with Crippen LogP contribution in [0.1, 0.15) is 65.2 Å². The quantitative estimate of drug-likeness (QED) is 0.721. The van der Waals surface area contributed by atoms with Gasteiger partial charge in [0.05, 0.1) is 12.7 Å². The van der Waals surface area contributed by atoms with E-state index >= 15 is 0 Å². The molecule has 124 valence electrons. The third kappa shape index (κ3) is 1.69. The molecule has 2 nitrogen and oxygen atoms in total. The number of hydrogen-bond donors (Lipinski definition) is 2. The Labute approximate surface area is 135 Å². The van der Waals surface area contributed by atoms with E-state index in [4.69, 9.17) is 0 Å². The second-order valence-corrected chi connectivity index (χ2v) is 9.54. The topological polar surface area (TPSA) is 40.5 Å². The Hall–Kier alpha value is -0.340. The van der Waals surface area contributed by atoms with Crippen molar-refractivity contribution in [2.24, 2.45) is 34.0 Å². The number of aliphatic hydroxyl groups excluding tert-OH is 2. The summed E-state index contributed by atoms with van der Waals surface area (Å²) in [6, 6.07) is 0. The van der Waals surface area contributed by atoms with Gasteiger partial charge in [0.25, 0.3) is 0 Å². The summed E-state index contributed by atoms with van der Waals surface area (Å²) >= 11 is 0. The van der Waals surface area contributed by atoms with Crippen LogP contribution in [-0.2, 0) is 0 Å². The number of rotatable bonds is 1. The van der Waals surface area contributed by atoms with Gasteiger partial charge in [-0.25, -0.2) is 0 Å². The maximum atomic E-state index is 10.6. The normalized spacial score (nSPS) is 57.4. The molecule has 0 saturated heterocycles. The zero-order valence-corrected chi connectivity index (χ0v) is 14.3. The lowest BCUT2D eigenvalue weighted by atomic mass is 9.40. The van der Waals surface area contributed by atoms with Crippen molar-refractivity contribution in [3.63, 3.8) is 0 Å². The first-order valence-corrected chi connectivity index (χ1v) is 9.32. The number of fused-ring (bicyclic) bond motifs is 3. The molecule has 0 amide bonds. The van der Waals surface area contributed by atoms with Crippen molar-refractivity contribution < 1.29 is 10.2 Å². The standard InChI is InChI=1S/C20H32O2/c1-13-10-20-9-6-15-18(2,16(20)5-4-14(13)11-20)8-7-17(22)19(15,3)12-21/h14-17,21-22H,1,4-12H2,2-3H3. The largest absolute Gasteiger partial charge is 0.396 e. The second kappa shape index (κ2) is 4.60. The van der Waals surface area contributed by atoms with E-state index in [2.05, 4.69) is 20.4 Å². The van der Waals surface area contributed by atoms with Crippen LogP contribution in [0.4, 0.5) is 0 Å². The molecule has 4 aliphatic rings. The van der Waals surface area contributed by atoms with Gasteiger partial charge in [-0.2, -0.15) is 0 Å². The van der Waals surface area contributed by atoms with Crippen LogP contribution in [0, 0.1) is 34.0 Å². The zero-order valence-electron chi connectivity index (χ0n) is 14.3. The molecule has 4 aliphatic carbocycles. The van der Waals surface area contributed by atoms with Crippen molar-refractivity contribution in [1.29, 1.82) is 0 Å². The molecule has 0 heterocycles. The minimum atomic E-state index is -0.334. The van der Waals surface area contributed by atoms with Crippen molar-refractivity contribution >= 4 is 0 Å². The van der Waals surface area contributed by atoms with E-state index in [-0.39, 0.29) is 18.1 Å². The Balaban J connectivity index is 1.74. The molecule has 0 radical (unpaired) electrons. The Bertz CT molecular complexity index is 500. The minimum absolute atomic E-state index is 0.128. The Morgan fingerprint density at radius 2 is 1.86 bits per heavy atom. The lowest BCUT2D eigenvalue weighted by Crippen LogP contribution is -2.61. The summed E-state index contributed by atoms with van der Waals surface area (Å²) in [5.74, 6) is 2.03. The zero-order chi connectivity index (χ0) is 15.8. The molecule has 4 rings (SSSR count). The smallest absolute Gasteiger partial charge is 0.0618 e. The van der Waals surface area contributed by atoms with E-state index in [0.29, 0.717) is 16.7 Å². The molecular formula is C20H32O2. The first-order valence-electron chi connectivity index (χ1n) is 9.32. The molecule has 7 atom stereocenters. The van der Waals surface area contributed by atoms with E-state index in [0.717, 1.165) is 24.7 Å². The van der Waals surface area contributed by atoms with E-state index in [1.807, 2.05) is 0 Å². The summed E-state index contributed by atoms with van der Waals surface area (Å²) in [7, 11) is 0. The van der Waals surface area contributed by atoms with Crippen molar-refractivity contribution in [1.82, 2.24) is 0 Å². The van der Waals surface area contributed by atoms with Gasteiger partial charge < -0.3 is 10.2 Å². The fraction of sp³-hybridized carbons (Fsp3) is 0.900. The maximum absolute atomic E-state index is 10.6. The van der Waals surface area contributed by atoms with Crippen LogP contribution in [0.25, 0.3) is 0 Å². The molecule has 4 saturated carbocycles. The Morgan fingerprint density at radius 3 is 2.59 bits per heavy atom. The van der Waals surface area contributed by atoms with Crippen LogP contribution in [0.3, 0.4) is 0 Å². The maximum Gasteiger partial charge on any atom is 0.0618 e. The van der Waals surface area contributed by atoms with Gasteiger partial charge >= 0.3 is 0 Å². The number of aliphatic hydroxyl groups is 2. The molecular weight excluding hydrogens is 272 g/mol. The summed E-state index contributed by atoms with van der Waals surface area (Å²) in [4.78, 5) is 0. The van der Waals surface area contributed by atoms with Crippen LogP contribution < -0.4 is 0 Å². The SMILES string of the molecule is C=C1CC23CCC4C(C)(CO)C(O)CCC4(C)C2CCC1C3. The second-order valence-electron chi connectivity index (χ2n) is 9.54. The molecule has 2 heteroatoms. The fourth-order valence-corrected chi connectivity index (χ4v) is 7.60. The van der Waals surface area contributed by atoms with Gasteiger partial charge in [0.15, 0.2) is 0 Å². The first-order chi connectivity index (χ1) is 10.4. The van der Waals surface area contributed by atoms with E-state index in [1.54, 1.807) is 0 Å². The third-order valence-electron chi connectivity index (χ3n) is 8.73. The lowest BCUT2D eigenvalue weighted by molar-refractivity contribution is -0.197. The van der Waals surface area contributed by atoms with Gasteiger partial charge in [-0.15, -0.1) is 0 Å². The van der Waals surface area contributed by atoms with E-state index < -0.39 is 0 Å². The van der Waals surface area contributed by atoms with Crippen molar-refractivity contribution in [2.75, 3.05) is 6.61 Å². The van der Waals surface area contributed by atoms with Gasteiger partial charge in [0.1, 0.15) is 0 Å². The van der Waals surface area contributed by atoms with Crippen LogP contribution >= 0.6 is 0 Å². The summed E-state index contributed by atoms with van der Waals surface area (Å²) in [5.41, 5.74) is 2.01. The van der Waals surface area contributed by atoms with Gasteiger partial charge in [0, 0.05) is 5.41 Å². The van der Waals surface area contributed by atoms with Crippen molar-refractivity contribution in [2.45, 2.75) is 71.3 Å². The number of allylic oxidation sites excluding steroid dienone is 1. The van der Waals surface area contributed by atoms with Crippen LogP contribution in [0.2, 0.25) is 0 Å². The molecule has 22 heavy (non-hydrogen) atoms. The molecule has 2 bridgehead atoms. The average Bonchev–Trinajstić information content (AvgIpc) is 2.73. The molecule has 0 aromatic carbocycles. The van der Waals surface area contributed by atoms with E-state index in [1.165, 1.54) is 44.1 Å². The summed E-state index contributed by atoms with van der Waals surface area (Å²) in [6.07, 6.45) is 9.43. The fourth-order valence-electron chi connectivity index (χ4n) is 7.60. The highest BCUT2D eigenvalue weighted by Gasteiger charge is 2.65. The minimum Gasteiger partial charge on any atom is -0.396 e. The van der Waals surface area contributed by atoms with Crippen molar-refractivity contribution in [3.05, 3.63) is 12.2 Å². The summed E-state index contributed by atoms with van der Waals surface area (Å²) in [5, 5.41) is 20.6. The molecule has 7 unspecified atom stereocenters. The summed E-state index contributed by atoms with van der Waals surface area (Å²) < 4.78 is 0. The molecule has 2 N–H and O–H groups in total. The highest BCUT2D eigenvalue weighted by atomic mass is 16.3. The van der Waals surface area contributed by atoms with Gasteiger partial charge in [0.2, 0.25) is 0 Å². The molecule has 0 aliphatic heterocycles. The molecule has 4 fully saturated rings. The highest BCUT2D eigenvalue weighted by molar-refractivity contribution is 5.22. The Morgan fingerprint density at radius 1 is 1.09 bits per heavy atom. The molecule has 0 aromatic rings. The third-order valence-corrected chi connectivity index (χ3v) is 8.73. The van der Waals surface area contributed by atoms with Crippen molar-refractivity contribution in [3.8, 4) is 0 Å². The monoisotopic (exact) mass is 304 g/mol. The van der Waals surface area contributed by atoms with Crippen LogP contribution in [0.5, 0.6) is 0 Å². The first kappa shape index (κ1) is 15.2. The van der Waals surface area contributed by atoms with Crippen LogP contribution in [0.15, 0.2) is 12.2 Å². The van der Waals surface area contributed by atoms with Gasteiger partial charge in [-0.05, 0) is 80.0 Å². The average molecular weight is 304 g/mol. The summed E-state index contributed by atoms with van der Waals surface area (Å²) in [6.45, 7) is 9.14. The number of hydrogen-bond acceptors (Lipinski definition) is 2. The lowest BCUT2D eigenvalue weighted by Gasteiger charge is -2.65. The van der Waals surface area contributed by atoms with E-state index in [9.17, 15) is 10.2 Å². The molecule has 1 spiro atoms. The predicted molar refractivity (Wildman–Crippen MR) is 88.3 cm³/mol. The molecule has 0 aromatic heterocycles. The van der Waals surface area contributed by atoms with Crippen LogP contribution in [-0.4, -0.2) is 22.9 Å². The predicted octanol–water partition coefficient (Wildman–Crippen LogP) is 3.92. The van der Waals surface area contributed by atoms with Gasteiger partial charge in [-0.3, -0.25) is 0 Å².